The average molecular weight is 290 g/mol. The summed E-state index contributed by atoms with van der Waals surface area (Å²) in [5, 5.41) is 0. The summed E-state index contributed by atoms with van der Waals surface area (Å²) in [4.78, 5) is 10.5. The number of ether oxygens (including phenoxy) is 2. The van der Waals surface area contributed by atoms with E-state index in [1.165, 1.54) is 6.07 Å². The van der Waals surface area contributed by atoms with E-state index in [-0.39, 0.29) is 24.5 Å². The second-order valence-corrected chi connectivity index (χ2v) is 4.69. The number of benzene rings is 1. The number of rotatable bonds is 7. The molecule has 1 rings (SSSR count). The first-order valence-corrected chi connectivity index (χ1v) is 6.21. The summed E-state index contributed by atoms with van der Waals surface area (Å²) in [6.07, 6.45) is -4.20. The number of hydrogen-bond donors (Lipinski definition) is 0. The lowest BCUT2D eigenvalue weighted by atomic mass is 10.1. The minimum atomic E-state index is -4.56. The van der Waals surface area contributed by atoms with Gasteiger partial charge in [-0.1, -0.05) is 13.8 Å². The standard InChI is InChI=1S/C14H17F3O3/c1-10(2)9-19-5-6-20-13-4-3-11(8-18)7-12(13)14(15,16)17/h3-4,7-8,10H,5-6,9H2,1-2H3. The normalized spacial score (nSPS) is 11.7. The van der Waals surface area contributed by atoms with Crippen LogP contribution in [0.15, 0.2) is 18.2 Å². The second kappa shape index (κ2) is 7.28. The highest BCUT2D eigenvalue weighted by Crippen LogP contribution is 2.36. The van der Waals surface area contributed by atoms with Crippen LogP contribution in [0.5, 0.6) is 5.75 Å². The van der Waals surface area contributed by atoms with Crippen LogP contribution in [0.1, 0.15) is 29.8 Å². The van der Waals surface area contributed by atoms with E-state index in [2.05, 4.69) is 0 Å². The topological polar surface area (TPSA) is 35.5 Å². The third-order valence-corrected chi connectivity index (χ3v) is 2.38. The molecule has 0 amide bonds. The van der Waals surface area contributed by atoms with Crippen LogP contribution >= 0.6 is 0 Å². The van der Waals surface area contributed by atoms with Crippen LogP contribution in [0, 0.1) is 5.92 Å². The van der Waals surface area contributed by atoms with Gasteiger partial charge in [-0.25, -0.2) is 0 Å². The van der Waals surface area contributed by atoms with E-state index in [0.29, 0.717) is 18.8 Å². The minimum absolute atomic E-state index is 0.0240. The fraction of sp³-hybridized carbons (Fsp3) is 0.500. The maximum absolute atomic E-state index is 12.8. The molecule has 0 heterocycles. The summed E-state index contributed by atoms with van der Waals surface area (Å²) in [6.45, 7) is 4.71. The highest BCUT2D eigenvalue weighted by Gasteiger charge is 2.34. The smallest absolute Gasteiger partial charge is 0.419 e. The number of alkyl halides is 3. The van der Waals surface area contributed by atoms with E-state index in [0.717, 1.165) is 12.1 Å². The Morgan fingerprint density at radius 1 is 1.25 bits per heavy atom. The molecule has 0 unspecified atom stereocenters. The molecule has 0 aliphatic rings. The number of halogens is 3. The van der Waals surface area contributed by atoms with Gasteiger partial charge in [-0.2, -0.15) is 13.2 Å². The van der Waals surface area contributed by atoms with E-state index in [1.54, 1.807) is 0 Å². The summed E-state index contributed by atoms with van der Waals surface area (Å²) in [5.74, 6) is 0.0591. The third kappa shape index (κ3) is 5.21. The Kier molecular flexibility index (Phi) is 6.01. The van der Waals surface area contributed by atoms with Crippen molar-refractivity contribution in [2.24, 2.45) is 5.92 Å². The third-order valence-electron chi connectivity index (χ3n) is 2.38. The molecule has 1 aromatic rings. The Bertz CT molecular complexity index is 442. The van der Waals surface area contributed by atoms with Gasteiger partial charge in [-0.15, -0.1) is 0 Å². The molecule has 0 aliphatic carbocycles. The molecule has 0 radical (unpaired) electrons. The Morgan fingerprint density at radius 2 is 1.95 bits per heavy atom. The molecule has 0 N–H and O–H groups in total. The van der Waals surface area contributed by atoms with Crippen molar-refractivity contribution in [1.29, 1.82) is 0 Å². The fourth-order valence-corrected chi connectivity index (χ4v) is 1.50. The first-order chi connectivity index (χ1) is 9.34. The zero-order valence-corrected chi connectivity index (χ0v) is 11.4. The molecule has 0 aliphatic heterocycles. The van der Waals surface area contributed by atoms with Gasteiger partial charge >= 0.3 is 6.18 Å². The molecule has 20 heavy (non-hydrogen) atoms. The van der Waals surface area contributed by atoms with Crippen molar-refractivity contribution in [1.82, 2.24) is 0 Å². The molecule has 0 atom stereocenters. The van der Waals surface area contributed by atoms with Crippen LogP contribution in [0.4, 0.5) is 13.2 Å². The Morgan fingerprint density at radius 3 is 2.50 bits per heavy atom. The van der Waals surface area contributed by atoms with Crippen molar-refractivity contribution in [3.8, 4) is 5.75 Å². The minimum Gasteiger partial charge on any atom is -0.491 e. The quantitative estimate of drug-likeness (QED) is 0.569. The van der Waals surface area contributed by atoms with Crippen LogP contribution in [-0.2, 0) is 10.9 Å². The highest BCUT2D eigenvalue weighted by molar-refractivity contribution is 5.75. The zero-order valence-electron chi connectivity index (χ0n) is 11.4. The first kappa shape index (κ1) is 16.5. The van der Waals surface area contributed by atoms with Crippen LogP contribution in [0.25, 0.3) is 0 Å². The summed E-state index contributed by atoms with van der Waals surface area (Å²) in [5.41, 5.74) is -0.994. The number of carbonyl (C=O) groups is 1. The second-order valence-electron chi connectivity index (χ2n) is 4.69. The summed E-state index contributed by atoms with van der Waals surface area (Å²) in [6, 6.07) is 3.21. The number of carbonyl (C=O) groups excluding carboxylic acids is 1. The SMILES string of the molecule is CC(C)COCCOc1ccc(C=O)cc1C(F)(F)F. The summed E-state index contributed by atoms with van der Waals surface area (Å²) < 4.78 is 48.8. The van der Waals surface area contributed by atoms with Gasteiger partial charge in [-0.05, 0) is 24.1 Å². The molecule has 0 bridgehead atoms. The van der Waals surface area contributed by atoms with Crippen molar-refractivity contribution >= 4 is 6.29 Å². The molecule has 0 spiro atoms. The lowest BCUT2D eigenvalue weighted by molar-refractivity contribution is -0.139. The van der Waals surface area contributed by atoms with E-state index in [4.69, 9.17) is 9.47 Å². The summed E-state index contributed by atoms with van der Waals surface area (Å²) >= 11 is 0. The van der Waals surface area contributed by atoms with Gasteiger partial charge in [0.1, 0.15) is 18.6 Å². The molecule has 3 nitrogen and oxygen atoms in total. The van der Waals surface area contributed by atoms with Crippen molar-refractivity contribution in [2.75, 3.05) is 19.8 Å². The lowest BCUT2D eigenvalue weighted by Gasteiger charge is -2.14. The van der Waals surface area contributed by atoms with Gasteiger partial charge in [0.25, 0.3) is 0 Å². The van der Waals surface area contributed by atoms with E-state index in [9.17, 15) is 18.0 Å². The van der Waals surface area contributed by atoms with Crippen LogP contribution < -0.4 is 4.74 Å². The number of aldehydes is 1. The molecule has 0 aromatic heterocycles. The molecule has 0 fully saturated rings. The van der Waals surface area contributed by atoms with Crippen LogP contribution in [0.3, 0.4) is 0 Å². The monoisotopic (exact) mass is 290 g/mol. The van der Waals surface area contributed by atoms with E-state index >= 15 is 0 Å². The molecular weight excluding hydrogens is 273 g/mol. The Hall–Kier alpha value is -1.56. The van der Waals surface area contributed by atoms with Gasteiger partial charge in [-0.3, -0.25) is 4.79 Å². The lowest BCUT2D eigenvalue weighted by Crippen LogP contribution is -2.13. The fourth-order valence-electron chi connectivity index (χ4n) is 1.50. The van der Waals surface area contributed by atoms with Crippen molar-refractivity contribution in [2.45, 2.75) is 20.0 Å². The number of hydrogen-bond acceptors (Lipinski definition) is 3. The maximum atomic E-state index is 12.8. The van der Waals surface area contributed by atoms with E-state index in [1.807, 2.05) is 13.8 Å². The highest BCUT2D eigenvalue weighted by atomic mass is 19.4. The van der Waals surface area contributed by atoms with Gasteiger partial charge in [0.05, 0.1) is 12.2 Å². The van der Waals surface area contributed by atoms with Gasteiger partial charge in [0, 0.05) is 12.2 Å². The van der Waals surface area contributed by atoms with Gasteiger partial charge < -0.3 is 9.47 Å². The Balaban J connectivity index is 2.67. The van der Waals surface area contributed by atoms with Gasteiger partial charge in [0.2, 0.25) is 0 Å². The predicted molar refractivity (Wildman–Crippen MR) is 68.0 cm³/mol. The molecule has 6 heteroatoms. The molecule has 1 aromatic carbocycles. The predicted octanol–water partition coefficient (Wildman–Crippen LogP) is 3.57. The molecule has 0 saturated carbocycles. The van der Waals surface area contributed by atoms with Crippen molar-refractivity contribution in [3.63, 3.8) is 0 Å². The summed E-state index contributed by atoms with van der Waals surface area (Å²) in [7, 11) is 0. The largest absolute Gasteiger partial charge is 0.491 e. The Labute approximate surface area is 115 Å². The van der Waals surface area contributed by atoms with Crippen LogP contribution in [0.2, 0.25) is 0 Å². The molecule has 0 saturated heterocycles. The molecule has 112 valence electrons. The average Bonchev–Trinajstić information content (AvgIpc) is 2.37. The van der Waals surface area contributed by atoms with E-state index < -0.39 is 11.7 Å². The van der Waals surface area contributed by atoms with Crippen molar-refractivity contribution < 1.29 is 27.4 Å². The van der Waals surface area contributed by atoms with Gasteiger partial charge in [0.15, 0.2) is 0 Å². The van der Waals surface area contributed by atoms with Crippen molar-refractivity contribution in [3.05, 3.63) is 29.3 Å². The first-order valence-electron chi connectivity index (χ1n) is 6.21. The molecular formula is C14H17F3O3. The van der Waals surface area contributed by atoms with Crippen LogP contribution in [-0.4, -0.2) is 26.1 Å². The zero-order chi connectivity index (χ0) is 15.2. The maximum Gasteiger partial charge on any atom is 0.419 e.